The third kappa shape index (κ3) is 3.24. The summed E-state index contributed by atoms with van der Waals surface area (Å²) in [6, 6.07) is 9.44. The molecular formula is C17H12ClN5OS. The molecule has 0 atom stereocenters. The Balaban J connectivity index is 1.51. The molecule has 25 heavy (non-hydrogen) atoms. The highest BCUT2D eigenvalue weighted by Gasteiger charge is 2.15. The number of thiazole rings is 1. The quantitative estimate of drug-likeness (QED) is 0.595. The van der Waals surface area contributed by atoms with Crippen LogP contribution in [0, 0.1) is 0 Å². The second-order valence-corrected chi connectivity index (χ2v) is 6.82. The molecule has 0 unspecified atom stereocenters. The van der Waals surface area contributed by atoms with E-state index in [1.807, 2.05) is 24.3 Å². The van der Waals surface area contributed by atoms with Gasteiger partial charge >= 0.3 is 0 Å². The third-order valence-electron chi connectivity index (χ3n) is 3.62. The Hall–Kier alpha value is -2.77. The fourth-order valence-electron chi connectivity index (χ4n) is 2.43. The van der Waals surface area contributed by atoms with E-state index in [0.29, 0.717) is 22.8 Å². The van der Waals surface area contributed by atoms with Gasteiger partial charge in [0.2, 0.25) is 0 Å². The maximum atomic E-state index is 12.5. The van der Waals surface area contributed by atoms with Gasteiger partial charge in [0.15, 0.2) is 10.8 Å². The average molecular weight is 370 g/mol. The van der Waals surface area contributed by atoms with Crippen LogP contribution in [-0.2, 0) is 6.42 Å². The van der Waals surface area contributed by atoms with Crippen molar-refractivity contribution in [3.05, 3.63) is 76.1 Å². The maximum absolute atomic E-state index is 12.5. The average Bonchev–Trinajstić information content (AvgIpc) is 3.23. The van der Waals surface area contributed by atoms with Crippen LogP contribution in [0.4, 0.5) is 5.13 Å². The molecule has 8 heteroatoms. The first-order chi connectivity index (χ1) is 12.2. The molecule has 0 saturated carbocycles. The summed E-state index contributed by atoms with van der Waals surface area (Å²) in [6.45, 7) is 0. The van der Waals surface area contributed by atoms with Gasteiger partial charge in [0, 0.05) is 34.9 Å². The van der Waals surface area contributed by atoms with Crippen LogP contribution in [0.5, 0.6) is 0 Å². The predicted octanol–water partition coefficient (Wildman–Crippen LogP) is 3.68. The van der Waals surface area contributed by atoms with Gasteiger partial charge in [-0.3, -0.25) is 10.1 Å². The first kappa shape index (κ1) is 15.7. The Morgan fingerprint density at radius 2 is 2.08 bits per heavy atom. The topological polar surface area (TPSA) is 72.2 Å². The lowest BCUT2D eigenvalue weighted by molar-refractivity contribution is 0.102. The zero-order chi connectivity index (χ0) is 17.2. The molecule has 0 spiro atoms. The van der Waals surface area contributed by atoms with Gasteiger partial charge in [-0.2, -0.15) is 5.10 Å². The smallest absolute Gasteiger partial charge is 0.262 e. The van der Waals surface area contributed by atoms with Gasteiger partial charge in [-0.05, 0) is 17.7 Å². The second-order valence-electron chi connectivity index (χ2n) is 5.30. The van der Waals surface area contributed by atoms with Gasteiger partial charge in [-0.25, -0.2) is 14.5 Å². The minimum Gasteiger partial charge on any atom is -0.298 e. The first-order valence-corrected chi connectivity index (χ1v) is 8.68. The number of aromatic nitrogens is 4. The van der Waals surface area contributed by atoms with Gasteiger partial charge in [0.05, 0.1) is 6.20 Å². The number of hydrogen-bond acceptors (Lipinski definition) is 5. The Morgan fingerprint density at radius 1 is 1.20 bits per heavy atom. The third-order valence-corrected chi connectivity index (χ3v) is 4.90. The van der Waals surface area contributed by atoms with Gasteiger partial charge in [-0.15, -0.1) is 11.3 Å². The van der Waals surface area contributed by atoms with Crippen molar-refractivity contribution < 1.29 is 4.79 Å². The Morgan fingerprint density at radius 3 is 2.96 bits per heavy atom. The highest BCUT2D eigenvalue weighted by atomic mass is 35.5. The molecule has 0 radical (unpaired) electrons. The van der Waals surface area contributed by atoms with Crippen molar-refractivity contribution in [2.45, 2.75) is 6.42 Å². The maximum Gasteiger partial charge on any atom is 0.262 e. The molecule has 0 aliphatic carbocycles. The van der Waals surface area contributed by atoms with E-state index >= 15 is 0 Å². The predicted molar refractivity (Wildman–Crippen MR) is 97.3 cm³/mol. The number of nitrogens with zero attached hydrogens (tertiary/aromatic N) is 4. The fourth-order valence-corrected chi connectivity index (χ4v) is 3.46. The second kappa shape index (κ2) is 6.62. The van der Waals surface area contributed by atoms with Crippen LogP contribution in [0.1, 0.15) is 20.8 Å². The normalized spacial score (nSPS) is 10.9. The van der Waals surface area contributed by atoms with Gasteiger partial charge in [0.25, 0.3) is 5.91 Å². The number of hydrogen-bond donors (Lipinski definition) is 1. The molecule has 0 saturated heterocycles. The number of benzene rings is 1. The molecule has 3 heterocycles. The Bertz CT molecular complexity index is 1060. The molecule has 1 N–H and O–H groups in total. The number of carbonyl (C=O) groups is 1. The summed E-state index contributed by atoms with van der Waals surface area (Å²) >= 11 is 7.60. The zero-order valence-corrected chi connectivity index (χ0v) is 14.5. The molecule has 4 aromatic rings. The lowest BCUT2D eigenvalue weighted by Crippen LogP contribution is -2.11. The lowest BCUT2D eigenvalue weighted by atomic mass is 10.1. The van der Waals surface area contributed by atoms with Crippen molar-refractivity contribution in [1.82, 2.24) is 19.6 Å². The highest BCUT2D eigenvalue weighted by Crippen LogP contribution is 2.25. The van der Waals surface area contributed by atoms with Crippen molar-refractivity contribution in [2.24, 2.45) is 0 Å². The van der Waals surface area contributed by atoms with Crippen LogP contribution in [0.15, 0.2) is 55.1 Å². The molecule has 124 valence electrons. The number of rotatable bonds is 4. The van der Waals surface area contributed by atoms with Crippen LogP contribution < -0.4 is 5.32 Å². The summed E-state index contributed by atoms with van der Waals surface area (Å²) in [5.41, 5.74) is 1.94. The van der Waals surface area contributed by atoms with Crippen LogP contribution >= 0.6 is 22.9 Å². The van der Waals surface area contributed by atoms with E-state index in [9.17, 15) is 4.79 Å². The fraction of sp³-hybridized carbons (Fsp3) is 0.0588. The number of anilines is 1. The molecule has 3 aromatic heterocycles. The Labute approximate surface area is 152 Å². The number of carbonyl (C=O) groups excluding carboxylic acids is 1. The number of amides is 1. The van der Waals surface area contributed by atoms with E-state index in [1.54, 1.807) is 29.2 Å². The van der Waals surface area contributed by atoms with Gasteiger partial charge < -0.3 is 0 Å². The van der Waals surface area contributed by atoms with E-state index < -0.39 is 0 Å². The van der Waals surface area contributed by atoms with Crippen molar-refractivity contribution in [3.8, 4) is 0 Å². The molecule has 0 aliphatic rings. The van der Waals surface area contributed by atoms with Crippen LogP contribution in [0.3, 0.4) is 0 Å². The summed E-state index contributed by atoms with van der Waals surface area (Å²) in [6.07, 6.45) is 7.28. The monoisotopic (exact) mass is 369 g/mol. The first-order valence-electron chi connectivity index (χ1n) is 7.48. The molecular weight excluding hydrogens is 358 g/mol. The Kier molecular flexibility index (Phi) is 4.17. The van der Waals surface area contributed by atoms with Crippen molar-refractivity contribution in [3.63, 3.8) is 0 Å². The minimum atomic E-state index is -0.285. The summed E-state index contributed by atoms with van der Waals surface area (Å²) in [5.74, 6) is -0.285. The summed E-state index contributed by atoms with van der Waals surface area (Å²) < 4.78 is 1.56. The minimum absolute atomic E-state index is 0.285. The van der Waals surface area contributed by atoms with Gasteiger partial charge in [-0.1, -0.05) is 29.8 Å². The molecule has 6 nitrogen and oxygen atoms in total. The van der Waals surface area contributed by atoms with Crippen molar-refractivity contribution in [1.29, 1.82) is 0 Å². The SMILES string of the molecule is O=C(Nc1ncc(Cc2ccccc2Cl)s1)c1cnn2cccnc12. The van der Waals surface area contributed by atoms with Crippen LogP contribution in [0.2, 0.25) is 5.02 Å². The van der Waals surface area contributed by atoms with E-state index in [4.69, 9.17) is 11.6 Å². The van der Waals surface area contributed by atoms with Crippen molar-refractivity contribution >= 4 is 39.6 Å². The van der Waals surface area contributed by atoms with E-state index in [2.05, 4.69) is 20.4 Å². The van der Waals surface area contributed by atoms with Crippen LogP contribution in [0.25, 0.3) is 5.65 Å². The standard InChI is InChI=1S/C17H12ClN5OS/c18-14-5-2-1-4-11(14)8-12-9-20-17(25-12)22-16(24)13-10-21-23-7-3-6-19-15(13)23/h1-7,9-10H,8H2,(H,20,22,24). The molecule has 0 aliphatic heterocycles. The van der Waals surface area contributed by atoms with Crippen LogP contribution in [-0.4, -0.2) is 25.5 Å². The molecule has 0 fully saturated rings. The summed E-state index contributed by atoms with van der Waals surface area (Å²) in [7, 11) is 0. The summed E-state index contributed by atoms with van der Waals surface area (Å²) in [4.78, 5) is 21.9. The number of fused-ring (bicyclic) bond motifs is 1. The zero-order valence-electron chi connectivity index (χ0n) is 12.9. The van der Waals surface area contributed by atoms with E-state index in [1.165, 1.54) is 17.5 Å². The van der Waals surface area contributed by atoms with Gasteiger partial charge in [0.1, 0.15) is 5.56 Å². The van der Waals surface area contributed by atoms with E-state index in [0.717, 1.165) is 15.5 Å². The number of nitrogens with one attached hydrogen (secondary N) is 1. The lowest BCUT2D eigenvalue weighted by Gasteiger charge is -2.01. The largest absolute Gasteiger partial charge is 0.298 e. The molecule has 1 amide bonds. The van der Waals surface area contributed by atoms with E-state index in [-0.39, 0.29) is 5.91 Å². The highest BCUT2D eigenvalue weighted by molar-refractivity contribution is 7.15. The summed E-state index contributed by atoms with van der Waals surface area (Å²) in [5, 5.41) is 8.16. The molecule has 0 bridgehead atoms. The number of halogens is 1. The molecule has 4 rings (SSSR count). The van der Waals surface area contributed by atoms with Crippen molar-refractivity contribution in [2.75, 3.05) is 5.32 Å². The molecule has 1 aromatic carbocycles.